The van der Waals surface area contributed by atoms with Crippen LogP contribution in [0, 0.1) is 0 Å². The largest absolute Gasteiger partial charge is 0.368 e. The number of aliphatic imine (C=N–C) groups is 1. The van der Waals surface area contributed by atoms with Crippen molar-refractivity contribution in [2.45, 2.75) is 52.4 Å². The van der Waals surface area contributed by atoms with Gasteiger partial charge in [-0.3, -0.25) is 9.79 Å². The Bertz CT molecular complexity index is 217. The number of nitrogens with zero attached hydrogens (tertiary/aromatic N) is 1. The predicted octanol–water partition coefficient (Wildman–Crippen LogP) is 1.73. The van der Waals surface area contributed by atoms with Gasteiger partial charge in [0.05, 0.1) is 0 Å². The molecule has 0 spiro atoms. The van der Waals surface area contributed by atoms with Gasteiger partial charge in [0, 0.05) is 13.5 Å². The van der Waals surface area contributed by atoms with Crippen LogP contribution in [0.15, 0.2) is 4.99 Å². The fourth-order valence-corrected chi connectivity index (χ4v) is 1.25. The van der Waals surface area contributed by atoms with Crippen LogP contribution in [-0.2, 0) is 9.63 Å². The summed E-state index contributed by atoms with van der Waals surface area (Å²) in [5.41, 5.74) is 7.72. The van der Waals surface area contributed by atoms with E-state index in [0.717, 1.165) is 6.42 Å². The van der Waals surface area contributed by atoms with E-state index in [4.69, 9.17) is 5.73 Å². The third-order valence-corrected chi connectivity index (χ3v) is 2.09. The van der Waals surface area contributed by atoms with Crippen molar-refractivity contribution in [2.75, 3.05) is 6.54 Å². The molecule has 0 aliphatic heterocycles. The van der Waals surface area contributed by atoms with Crippen LogP contribution in [-0.4, -0.2) is 18.5 Å². The molecule has 94 valence electrons. The van der Waals surface area contributed by atoms with Crippen molar-refractivity contribution in [1.82, 2.24) is 5.48 Å². The standard InChI is InChI=1S/C11H23N3O2/c1-3-4-5-6-7-8-9-13-11(12)14-16-10(2)15/h3-9H2,1-2H3,(H3,12,13,14). The molecule has 5 nitrogen and oxygen atoms in total. The van der Waals surface area contributed by atoms with E-state index in [0.29, 0.717) is 6.54 Å². The van der Waals surface area contributed by atoms with Gasteiger partial charge in [-0.05, 0) is 6.42 Å². The third kappa shape index (κ3) is 10.8. The van der Waals surface area contributed by atoms with Crippen molar-refractivity contribution in [2.24, 2.45) is 10.7 Å². The number of hydroxylamine groups is 1. The lowest BCUT2D eigenvalue weighted by Gasteiger charge is -2.03. The normalized spacial score (nSPS) is 11.2. The molecule has 0 saturated carbocycles. The van der Waals surface area contributed by atoms with Gasteiger partial charge >= 0.3 is 5.97 Å². The number of carbonyl (C=O) groups is 1. The Hall–Kier alpha value is -1.26. The molecule has 5 heteroatoms. The van der Waals surface area contributed by atoms with Gasteiger partial charge in [0.1, 0.15) is 0 Å². The second-order valence-corrected chi connectivity index (χ2v) is 3.73. The highest BCUT2D eigenvalue weighted by molar-refractivity contribution is 5.78. The van der Waals surface area contributed by atoms with Crippen LogP contribution < -0.4 is 11.2 Å². The molecule has 0 heterocycles. The number of unbranched alkanes of at least 4 members (excludes halogenated alkanes) is 5. The molecule has 16 heavy (non-hydrogen) atoms. The molecule has 0 aliphatic carbocycles. The first-order chi connectivity index (χ1) is 7.66. The topological polar surface area (TPSA) is 76.7 Å². The van der Waals surface area contributed by atoms with Crippen LogP contribution in [0.2, 0.25) is 0 Å². The molecule has 0 amide bonds. The molecule has 0 fully saturated rings. The maximum Gasteiger partial charge on any atom is 0.329 e. The van der Waals surface area contributed by atoms with Crippen molar-refractivity contribution in [3.8, 4) is 0 Å². The smallest absolute Gasteiger partial charge is 0.329 e. The van der Waals surface area contributed by atoms with Gasteiger partial charge in [0.25, 0.3) is 0 Å². The van der Waals surface area contributed by atoms with Crippen LogP contribution in [0.25, 0.3) is 0 Å². The number of guanidine groups is 1. The van der Waals surface area contributed by atoms with E-state index < -0.39 is 5.97 Å². The first kappa shape index (κ1) is 14.7. The Morgan fingerprint density at radius 3 is 2.50 bits per heavy atom. The molecular weight excluding hydrogens is 206 g/mol. The molecule has 3 N–H and O–H groups in total. The number of nitrogens with one attached hydrogen (secondary N) is 1. The molecule has 0 saturated heterocycles. The fraction of sp³-hybridized carbons (Fsp3) is 0.818. The molecule has 0 unspecified atom stereocenters. The van der Waals surface area contributed by atoms with Gasteiger partial charge in [-0.25, -0.2) is 0 Å². The summed E-state index contributed by atoms with van der Waals surface area (Å²) >= 11 is 0. The summed E-state index contributed by atoms with van der Waals surface area (Å²) in [5.74, 6) is -0.276. The number of hydrogen-bond acceptors (Lipinski definition) is 3. The molecule has 0 aliphatic rings. The van der Waals surface area contributed by atoms with Crippen molar-refractivity contribution in [1.29, 1.82) is 0 Å². The number of nitrogens with two attached hydrogens (primary N) is 1. The average Bonchev–Trinajstić information content (AvgIpc) is 2.25. The monoisotopic (exact) mass is 229 g/mol. The van der Waals surface area contributed by atoms with Gasteiger partial charge in [0.2, 0.25) is 5.96 Å². The maximum atomic E-state index is 10.4. The number of rotatable bonds is 7. The second-order valence-electron chi connectivity index (χ2n) is 3.73. The summed E-state index contributed by atoms with van der Waals surface area (Å²) < 4.78 is 0. The van der Waals surface area contributed by atoms with Gasteiger partial charge in [-0.15, -0.1) is 0 Å². The van der Waals surface area contributed by atoms with E-state index in [2.05, 4.69) is 22.2 Å². The Labute approximate surface area is 97.4 Å². The summed E-state index contributed by atoms with van der Waals surface area (Å²) in [6.45, 7) is 4.17. The van der Waals surface area contributed by atoms with Gasteiger partial charge in [-0.2, -0.15) is 5.48 Å². The molecular formula is C11H23N3O2. The Morgan fingerprint density at radius 1 is 1.25 bits per heavy atom. The SMILES string of the molecule is CCCCCCCCN=C(N)NOC(C)=O. The lowest BCUT2D eigenvalue weighted by Crippen LogP contribution is -2.33. The summed E-state index contributed by atoms with van der Waals surface area (Å²) in [6, 6.07) is 0. The van der Waals surface area contributed by atoms with Crippen LogP contribution in [0.4, 0.5) is 0 Å². The zero-order chi connectivity index (χ0) is 12.2. The predicted molar refractivity (Wildman–Crippen MR) is 64.8 cm³/mol. The van der Waals surface area contributed by atoms with Gasteiger partial charge in [0.15, 0.2) is 0 Å². The highest BCUT2D eigenvalue weighted by Crippen LogP contribution is 2.04. The third-order valence-electron chi connectivity index (χ3n) is 2.09. The summed E-state index contributed by atoms with van der Waals surface area (Å²) in [4.78, 5) is 18.9. The summed E-state index contributed by atoms with van der Waals surface area (Å²) in [6.07, 6.45) is 7.30. The minimum Gasteiger partial charge on any atom is -0.368 e. The lowest BCUT2D eigenvalue weighted by atomic mass is 10.1. The van der Waals surface area contributed by atoms with E-state index in [-0.39, 0.29) is 5.96 Å². The molecule has 0 rings (SSSR count). The zero-order valence-electron chi connectivity index (χ0n) is 10.3. The quantitative estimate of drug-likeness (QED) is 0.302. The van der Waals surface area contributed by atoms with Crippen molar-refractivity contribution in [3.63, 3.8) is 0 Å². The Balaban J connectivity index is 3.33. The summed E-state index contributed by atoms with van der Waals surface area (Å²) in [7, 11) is 0. The molecule has 0 aromatic carbocycles. The van der Waals surface area contributed by atoms with Gasteiger partial charge in [-0.1, -0.05) is 39.0 Å². The first-order valence-corrected chi connectivity index (χ1v) is 5.90. The Morgan fingerprint density at radius 2 is 1.88 bits per heavy atom. The first-order valence-electron chi connectivity index (χ1n) is 5.90. The van der Waals surface area contributed by atoms with Crippen LogP contribution in [0.1, 0.15) is 52.4 Å². The number of carbonyl (C=O) groups excluding carboxylic acids is 1. The average molecular weight is 229 g/mol. The zero-order valence-corrected chi connectivity index (χ0v) is 10.3. The van der Waals surface area contributed by atoms with Crippen LogP contribution in [0.3, 0.4) is 0 Å². The highest BCUT2D eigenvalue weighted by atomic mass is 16.7. The molecule has 0 aromatic heterocycles. The number of hydrogen-bond donors (Lipinski definition) is 2. The van der Waals surface area contributed by atoms with Crippen LogP contribution in [0.5, 0.6) is 0 Å². The minimum absolute atomic E-state index is 0.156. The minimum atomic E-state index is -0.433. The molecule has 0 aromatic rings. The van der Waals surface area contributed by atoms with Crippen molar-refractivity contribution in [3.05, 3.63) is 0 Å². The van der Waals surface area contributed by atoms with E-state index in [9.17, 15) is 4.79 Å². The van der Waals surface area contributed by atoms with E-state index >= 15 is 0 Å². The Kier molecular flexibility index (Phi) is 9.46. The van der Waals surface area contributed by atoms with Crippen LogP contribution >= 0.6 is 0 Å². The fourth-order valence-electron chi connectivity index (χ4n) is 1.25. The lowest BCUT2D eigenvalue weighted by molar-refractivity contribution is -0.145. The van der Waals surface area contributed by atoms with Crippen molar-refractivity contribution >= 4 is 11.9 Å². The van der Waals surface area contributed by atoms with Gasteiger partial charge < -0.3 is 10.6 Å². The highest BCUT2D eigenvalue weighted by Gasteiger charge is 1.94. The maximum absolute atomic E-state index is 10.4. The molecule has 0 bridgehead atoms. The molecule has 0 radical (unpaired) electrons. The van der Waals surface area contributed by atoms with E-state index in [1.54, 1.807) is 0 Å². The van der Waals surface area contributed by atoms with E-state index in [1.807, 2.05) is 0 Å². The van der Waals surface area contributed by atoms with E-state index in [1.165, 1.54) is 39.0 Å². The van der Waals surface area contributed by atoms with Crippen molar-refractivity contribution < 1.29 is 9.63 Å². The molecule has 0 atom stereocenters. The summed E-state index contributed by atoms with van der Waals surface area (Å²) in [5, 5.41) is 0. The second kappa shape index (κ2) is 10.3.